The van der Waals surface area contributed by atoms with Crippen LogP contribution >= 0.6 is 0 Å². The molecule has 1 aromatic rings. The molecule has 2 N–H and O–H groups in total. The third kappa shape index (κ3) is 2.42. The number of ether oxygens (including phenoxy) is 1. The van der Waals surface area contributed by atoms with Gasteiger partial charge in [-0.1, -0.05) is 24.4 Å². The summed E-state index contributed by atoms with van der Waals surface area (Å²) in [7, 11) is 0. The van der Waals surface area contributed by atoms with Crippen LogP contribution in [0, 0.1) is 0 Å². The number of aromatic nitrogens is 2. The fourth-order valence-electron chi connectivity index (χ4n) is 2.97. The van der Waals surface area contributed by atoms with Gasteiger partial charge in [0.1, 0.15) is 6.10 Å². The molecule has 0 radical (unpaired) electrons. The van der Waals surface area contributed by atoms with Crippen molar-refractivity contribution in [2.24, 2.45) is 5.73 Å². The Morgan fingerprint density at radius 1 is 1.11 bits per heavy atom. The number of hydrogen-bond donors (Lipinski definition) is 1. The molecule has 2 aliphatic rings. The molecule has 0 spiro atoms. The lowest BCUT2D eigenvalue weighted by molar-refractivity contribution is 0.0307. The minimum absolute atomic E-state index is 0.0385. The Morgan fingerprint density at radius 2 is 1.94 bits per heavy atom. The zero-order valence-electron chi connectivity index (χ0n) is 10.7. The molecule has 1 saturated carbocycles. The number of rotatable bonds is 3. The maximum Gasteiger partial charge on any atom is 0.255 e. The van der Waals surface area contributed by atoms with Crippen LogP contribution in [0.2, 0.25) is 0 Å². The van der Waals surface area contributed by atoms with E-state index in [2.05, 4.69) is 10.1 Å². The summed E-state index contributed by atoms with van der Waals surface area (Å²) in [6.07, 6.45) is 8.32. The predicted octanol–water partition coefficient (Wildman–Crippen LogP) is 2.30. The number of nitrogens with zero attached hydrogens (tertiary/aromatic N) is 2. The van der Waals surface area contributed by atoms with E-state index in [1.165, 1.54) is 32.1 Å². The van der Waals surface area contributed by atoms with Gasteiger partial charge in [0.05, 0.1) is 6.10 Å². The summed E-state index contributed by atoms with van der Waals surface area (Å²) in [5.74, 6) is 2.01. The quantitative estimate of drug-likeness (QED) is 0.892. The molecule has 5 nitrogen and oxygen atoms in total. The lowest BCUT2D eigenvalue weighted by Crippen LogP contribution is -2.18. The van der Waals surface area contributed by atoms with Gasteiger partial charge < -0.3 is 15.0 Å². The Kier molecular flexibility index (Phi) is 3.61. The minimum atomic E-state index is -0.0385. The molecule has 2 fully saturated rings. The summed E-state index contributed by atoms with van der Waals surface area (Å²) in [6.45, 7) is 0.570. The maximum absolute atomic E-state index is 5.78. The van der Waals surface area contributed by atoms with Gasteiger partial charge in [0, 0.05) is 12.5 Å². The molecule has 0 amide bonds. The lowest BCUT2D eigenvalue weighted by atomic mass is 9.89. The summed E-state index contributed by atoms with van der Waals surface area (Å²) < 4.78 is 11.1. The SMILES string of the molecule is NCC1CCC(c2nc(C3CCCCC3)no2)O1. The second kappa shape index (κ2) is 5.36. The standard InChI is InChI=1S/C13H21N3O2/c14-8-10-6-7-11(17-10)13-15-12(16-18-13)9-4-2-1-3-5-9/h9-11H,1-8,14H2. The Morgan fingerprint density at radius 3 is 2.67 bits per heavy atom. The van der Waals surface area contributed by atoms with Crippen molar-refractivity contribution < 1.29 is 9.26 Å². The number of nitrogens with two attached hydrogens (primary N) is 1. The van der Waals surface area contributed by atoms with Gasteiger partial charge in [-0.3, -0.25) is 0 Å². The van der Waals surface area contributed by atoms with Crippen LogP contribution in [0.4, 0.5) is 0 Å². The predicted molar refractivity (Wildman–Crippen MR) is 66.0 cm³/mol. The highest BCUT2D eigenvalue weighted by Gasteiger charge is 2.31. The van der Waals surface area contributed by atoms with E-state index < -0.39 is 0 Å². The highest BCUT2D eigenvalue weighted by Crippen LogP contribution is 2.34. The highest BCUT2D eigenvalue weighted by atomic mass is 16.5. The first-order valence-corrected chi connectivity index (χ1v) is 7.06. The van der Waals surface area contributed by atoms with Crippen LogP contribution in [0.25, 0.3) is 0 Å². The molecule has 100 valence electrons. The van der Waals surface area contributed by atoms with Crippen LogP contribution in [0.1, 0.15) is 68.7 Å². The smallest absolute Gasteiger partial charge is 0.255 e. The highest BCUT2D eigenvalue weighted by molar-refractivity contribution is 4.99. The van der Waals surface area contributed by atoms with Crippen LogP contribution in [-0.4, -0.2) is 22.8 Å². The second-order valence-electron chi connectivity index (χ2n) is 5.39. The summed E-state index contributed by atoms with van der Waals surface area (Å²) in [4.78, 5) is 4.54. The average molecular weight is 251 g/mol. The average Bonchev–Trinajstić information content (AvgIpc) is 3.08. The van der Waals surface area contributed by atoms with Crippen molar-refractivity contribution in [3.8, 4) is 0 Å². The molecular weight excluding hydrogens is 230 g/mol. The fourth-order valence-corrected chi connectivity index (χ4v) is 2.97. The molecule has 18 heavy (non-hydrogen) atoms. The van der Waals surface area contributed by atoms with E-state index in [0.717, 1.165) is 18.7 Å². The van der Waals surface area contributed by atoms with Crippen molar-refractivity contribution >= 4 is 0 Å². The van der Waals surface area contributed by atoms with Crippen molar-refractivity contribution in [2.45, 2.75) is 63.1 Å². The van der Waals surface area contributed by atoms with Crippen molar-refractivity contribution in [3.63, 3.8) is 0 Å². The van der Waals surface area contributed by atoms with Crippen molar-refractivity contribution in [2.75, 3.05) is 6.54 Å². The van der Waals surface area contributed by atoms with E-state index in [1.54, 1.807) is 0 Å². The van der Waals surface area contributed by atoms with Crippen LogP contribution in [0.3, 0.4) is 0 Å². The monoisotopic (exact) mass is 251 g/mol. The van der Waals surface area contributed by atoms with Crippen molar-refractivity contribution in [3.05, 3.63) is 11.7 Å². The molecule has 1 aliphatic heterocycles. The Bertz CT molecular complexity index is 387. The molecule has 2 unspecified atom stereocenters. The third-order valence-corrected chi connectivity index (χ3v) is 4.07. The summed E-state index contributed by atoms with van der Waals surface area (Å²) in [5, 5.41) is 4.14. The normalized spacial score (nSPS) is 29.8. The molecule has 1 aliphatic carbocycles. The van der Waals surface area contributed by atoms with E-state index >= 15 is 0 Å². The number of hydrogen-bond acceptors (Lipinski definition) is 5. The van der Waals surface area contributed by atoms with Gasteiger partial charge in [0.15, 0.2) is 5.82 Å². The molecule has 1 aromatic heterocycles. The molecule has 0 bridgehead atoms. The van der Waals surface area contributed by atoms with E-state index in [1.807, 2.05) is 0 Å². The van der Waals surface area contributed by atoms with Gasteiger partial charge in [-0.2, -0.15) is 4.98 Å². The molecular formula is C13H21N3O2. The van der Waals surface area contributed by atoms with Crippen LogP contribution in [-0.2, 0) is 4.74 Å². The Labute approximate surface area is 107 Å². The fraction of sp³-hybridized carbons (Fsp3) is 0.846. The van der Waals surface area contributed by atoms with Crippen molar-refractivity contribution in [1.29, 1.82) is 0 Å². The molecule has 2 heterocycles. The first-order chi connectivity index (χ1) is 8.86. The molecule has 5 heteroatoms. The zero-order valence-corrected chi connectivity index (χ0v) is 10.7. The Balaban J connectivity index is 1.66. The molecule has 2 atom stereocenters. The van der Waals surface area contributed by atoms with E-state index in [-0.39, 0.29) is 12.2 Å². The topological polar surface area (TPSA) is 74.2 Å². The summed E-state index contributed by atoms with van der Waals surface area (Å²) in [6, 6.07) is 0. The van der Waals surface area contributed by atoms with Gasteiger partial charge >= 0.3 is 0 Å². The van der Waals surface area contributed by atoms with Gasteiger partial charge in [0.2, 0.25) is 0 Å². The third-order valence-electron chi connectivity index (χ3n) is 4.07. The zero-order chi connectivity index (χ0) is 12.4. The van der Waals surface area contributed by atoms with Gasteiger partial charge in [-0.25, -0.2) is 0 Å². The summed E-state index contributed by atoms with van der Waals surface area (Å²) >= 11 is 0. The van der Waals surface area contributed by atoms with Crippen LogP contribution in [0.5, 0.6) is 0 Å². The van der Waals surface area contributed by atoms with Crippen LogP contribution in [0.15, 0.2) is 4.52 Å². The first kappa shape index (κ1) is 12.1. The summed E-state index contributed by atoms with van der Waals surface area (Å²) in [5.41, 5.74) is 5.60. The van der Waals surface area contributed by atoms with Gasteiger partial charge in [0.25, 0.3) is 5.89 Å². The largest absolute Gasteiger partial charge is 0.364 e. The molecule has 0 aromatic carbocycles. The minimum Gasteiger partial charge on any atom is -0.364 e. The van der Waals surface area contributed by atoms with Crippen molar-refractivity contribution in [1.82, 2.24) is 10.1 Å². The van der Waals surface area contributed by atoms with Crippen LogP contribution < -0.4 is 5.73 Å². The second-order valence-corrected chi connectivity index (χ2v) is 5.39. The van der Waals surface area contributed by atoms with E-state index in [9.17, 15) is 0 Å². The van der Waals surface area contributed by atoms with Gasteiger partial charge in [-0.15, -0.1) is 0 Å². The van der Waals surface area contributed by atoms with E-state index in [4.69, 9.17) is 15.0 Å². The Hall–Kier alpha value is -0.940. The molecule has 3 rings (SSSR count). The van der Waals surface area contributed by atoms with Gasteiger partial charge in [-0.05, 0) is 25.7 Å². The van der Waals surface area contributed by atoms with E-state index in [0.29, 0.717) is 18.4 Å². The lowest BCUT2D eigenvalue weighted by Gasteiger charge is -2.17. The maximum atomic E-state index is 5.78. The first-order valence-electron chi connectivity index (χ1n) is 7.06. The molecule has 1 saturated heterocycles.